The van der Waals surface area contributed by atoms with Crippen molar-refractivity contribution in [2.75, 3.05) is 13.2 Å². The first-order valence-corrected chi connectivity index (χ1v) is 8.62. The summed E-state index contributed by atoms with van der Waals surface area (Å²) in [5, 5.41) is 10.9. The van der Waals surface area contributed by atoms with E-state index in [1.165, 1.54) is 11.1 Å². The Kier molecular flexibility index (Phi) is 4.15. The van der Waals surface area contributed by atoms with E-state index in [1.807, 2.05) is 37.3 Å². The summed E-state index contributed by atoms with van der Waals surface area (Å²) in [5.41, 5.74) is 4.79. The van der Waals surface area contributed by atoms with Crippen molar-refractivity contribution in [2.45, 2.75) is 25.9 Å². The molecular weight excluding hydrogens is 314 g/mol. The van der Waals surface area contributed by atoms with Gasteiger partial charge in [0.2, 0.25) is 0 Å². The predicted octanol–water partition coefficient (Wildman–Crippen LogP) is 3.19. The van der Waals surface area contributed by atoms with Gasteiger partial charge in [-0.25, -0.2) is 4.79 Å². The van der Waals surface area contributed by atoms with Crippen molar-refractivity contribution in [3.63, 3.8) is 0 Å². The van der Waals surface area contributed by atoms with Crippen molar-refractivity contribution in [3.05, 3.63) is 81.2 Å². The Morgan fingerprint density at radius 3 is 2.88 bits per heavy atom. The van der Waals surface area contributed by atoms with Gasteiger partial charge in [-0.1, -0.05) is 36.4 Å². The van der Waals surface area contributed by atoms with Crippen LogP contribution in [0.15, 0.2) is 57.7 Å². The summed E-state index contributed by atoms with van der Waals surface area (Å²) in [4.78, 5) is 14.2. The number of hydrogen-bond donors (Lipinski definition) is 1. The molecule has 0 saturated heterocycles. The van der Waals surface area contributed by atoms with Crippen molar-refractivity contribution < 1.29 is 9.52 Å². The van der Waals surface area contributed by atoms with Crippen molar-refractivity contribution in [2.24, 2.45) is 0 Å². The van der Waals surface area contributed by atoms with E-state index >= 15 is 0 Å². The van der Waals surface area contributed by atoms with Crippen LogP contribution < -0.4 is 5.63 Å². The lowest BCUT2D eigenvalue weighted by molar-refractivity contribution is 0.108. The average Bonchev–Trinajstić information content (AvgIpc) is 2.61. The zero-order chi connectivity index (χ0) is 17.4. The van der Waals surface area contributed by atoms with Gasteiger partial charge in [-0.15, -0.1) is 0 Å². The summed E-state index contributed by atoms with van der Waals surface area (Å²) in [6.07, 6.45) is 0.950. The molecule has 1 atom stereocenters. The molecule has 128 valence electrons. The van der Waals surface area contributed by atoms with Gasteiger partial charge >= 0.3 is 5.63 Å². The Morgan fingerprint density at radius 2 is 2.04 bits per heavy atom. The van der Waals surface area contributed by atoms with E-state index in [4.69, 9.17) is 4.42 Å². The van der Waals surface area contributed by atoms with Crippen molar-refractivity contribution in [3.8, 4) is 0 Å². The first kappa shape index (κ1) is 16.1. The second kappa shape index (κ2) is 6.47. The molecule has 1 unspecified atom stereocenters. The predicted molar refractivity (Wildman–Crippen MR) is 97.6 cm³/mol. The zero-order valence-corrected chi connectivity index (χ0v) is 14.2. The molecule has 0 fully saturated rings. The molecule has 0 radical (unpaired) electrons. The molecule has 2 heterocycles. The number of aryl methyl sites for hydroxylation is 1. The molecule has 1 aliphatic heterocycles. The third-order valence-electron chi connectivity index (χ3n) is 5.06. The van der Waals surface area contributed by atoms with E-state index in [9.17, 15) is 9.90 Å². The monoisotopic (exact) mass is 335 g/mol. The van der Waals surface area contributed by atoms with Gasteiger partial charge in [0, 0.05) is 24.5 Å². The van der Waals surface area contributed by atoms with E-state index in [-0.39, 0.29) is 18.3 Å². The van der Waals surface area contributed by atoms with Gasteiger partial charge in [0.1, 0.15) is 5.58 Å². The number of hydrogen-bond acceptors (Lipinski definition) is 4. The molecule has 4 heteroatoms. The Morgan fingerprint density at radius 1 is 1.20 bits per heavy atom. The largest absolute Gasteiger partial charge is 0.423 e. The van der Waals surface area contributed by atoms with Crippen LogP contribution in [0.5, 0.6) is 0 Å². The summed E-state index contributed by atoms with van der Waals surface area (Å²) < 4.78 is 5.36. The molecule has 3 aromatic rings. The van der Waals surface area contributed by atoms with Crippen molar-refractivity contribution in [1.82, 2.24) is 4.90 Å². The number of aliphatic hydroxyl groups is 1. The maximum Gasteiger partial charge on any atom is 0.336 e. The number of fused-ring (bicyclic) bond motifs is 2. The standard InChI is InChI=1S/C21H21NO3/c1-14-6-7-18-16(11-21(24)25-20(18)10-14)12-22-9-8-15-4-2-3-5-17(15)19(22)13-23/h2-7,10-11,19,23H,8-9,12-13H2,1H3. The highest BCUT2D eigenvalue weighted by molar-refractivity contribution is 5.80. The quantitative estimate of drug-likeness (QED) is 0.747. The first-order valence-electron chi connectivity index (χ1n) is 8.62. The Bertz CT molecular complexity index is 976. The maximum atomic E-state index is 12.0. The minimum absolute atomic E-state index is 0.0438. The van der Waals surface area contributed by atoms with Crippen LogP contribution in [0.1, 0.15) is 28.3 Å². The molecule has 0 saturated carbocycles. The molecule has 0 bridgehead atoms. The summed E-state index contributed by atoms with van der Waals surface area (Å²) >= 11 is 0. The van der Waals surface area contributed by atoms with E-state index in [0.29, 0.717) is 12.1 Å². The molecule has 1 N–H and O–H groups in total. The van der Waals surface area contributed by atoms with Gasteiger partial charge in [-0.2, -0.15) is 0 Å². The van der Waals surface area contributed by atoms with Gasteiger partial charge in [-0.05, 0) is 41.7 Å². The molecule has 0 aliphatic carbocycles. The number of nitrogens with zero attached hydrogens (tertiary/aromatic N) is 1. The molecule has 2 aromatic carbocycles. The van der Waals surface area contributed by atoms with Gasteiger partial charge in [0.05, 0.1) is 12.6 Å². The summed E-state index contributed by atoms with van der Waals surface area (Å²) in [5.74, 6) is 0. The highest BCUT2D eigenvalue weighted by Gasteiger charge is 2.27. The van der Waals surface area contributed by atoms with E-state index in [0.717, 1.165) is 29.5 Å². The fourth-order valence-electron chi connectivity index (χ4n) is 3.79. The molecule has 4 rings (SSSR count). The number of aliphatic hydroxyl groups excluding tert-OH is 1. The van der Waals surface area contributed by atoms with Crippen LogP contribution in [0.2, 0.25) is 0 Å². The smallest absolute Gasteiger partial charge is 0.336 e. The molecule has 0 amide bonds. The first-order chi connectivity index (χ1) is 12.2. The van der Waals surface area contributed by atoms with Gasteiger partial charge in [0.25, 0.3) is 0 Å². The second-order valence-electron chi connectivity index (χ2n) is 6.71. The third kappa shape index (κ3) is 2.99. The summed E-state index contributed by atoms with van der Waals surface area (Å²) in [6.45, 7) is 3.52. The zero-order valence-electron chi connectivity index (χ0n) is 14.2. The van der Waals surface area contributed by atoms with Crippen LogP contribution in [0.25, 0.3) is 11.0 Å². The number of benzene rings is 2. The Labute approximate surface area is 146 Å². The molecule has 4 nitrogen and oxygen atoms in total. The van der Waals surface area contributed by atoms with Gasteiger partial charge in [0.15, 0.2) is 0 Å². The lowest BCUT2D eigenvalue weighted by Crippen LogP contribution is -2.37. The second-order valence-corrected chi connectivity index (χ2v) is 6.71. The fourth-order valence-corrected chi connectivity index (χ4v) is 3.79. The fraction of sp³-hybridized carbons (Fsp3) is 0.286. The Balaban J connectivity index is 1.73. The molecule has 0 spiro atoms. The minimum atomic E-state index is -0.328. The van der Waals surface area contributed by atoms with Gasteiger partial charge in [-0.3, -0.25) is 4.90 Å². The van der Waals surface area contributed by atoms with Crippen LogP contribution in [0.3, 0.4) is 0 Å². The lowest BCUT2D eigenvalue weighted by atomic mass is 9.92. The van der Waals surface area contributed by atoms with Crippen LogP contribution in [-0.4, -0.2) is 23.2 Å². The third-order valence-corrected chi connectivity index (χ3v) is 5.06. The maximum absolute atomic E-state index is 12.0. The van der Waals surface area contributed by atoms with E-state index in [2.05, 4.69) is 17.0 Å². The van der Waals surface area contributed by atoms with E-state index < -0.39 is 0 Å². The topological polar surface area (TPSA) is 53.7 Å². The minimum Gasteiger partial charge on any atom is -0.423 e. The normalized spacial score (nSPS) is 17.6. The van der Waals surface area contributed by atoms with Crippen LogP contribution >= 0.6 is 0 Å². The number of rotatable bonds is 3. The molecule has 1 aromatic heterocycles. The van der Waals surface area contributed by atoms with Crippen molar-refractivity contribution >= 4 is 11.0 Å². The van der Waals surface area contributed by atoms with Crippen LogP contribution in [-0.2, 0) is 13.0 Å². The van der Waals surface area contributed by atoms with Crippen molar-refractivity contribution in [1.29, 1.82) is 0 Å². The molecule has 1 aliphatic rings. The molecule has 25 heavy (non-hydrogen) atoms. The molecular formula is C21H21NO3. The van der Waals surface area contributed by atoms with E-state index in [1.54, 1.807) is 6.07 Å². The summed E-state index contributed by atoms with van der Waals surface area (Å²) in [7, 11) is 0. The summed E-state index contributed by atoms with van der Waals surface area (Å²) in [6, 6.07) is 15.7. The SMILES string of the molecule is Cc1ccc2c(CN3CCc4ccccc4C3CO)cc(=O)oc2c1. The highest BCUT2D eigenvalue weighted by Crippen LogP contribution is 2.31. The van der Waals surface area contributed by atoms with Gasteiger partial charge < -0.3 is 9.52 Å². The Hall–Kier alpha value is -2.43. The van der Waals surface area contributed by atoms with Crippen LogP contribution in [0, 0.1) is 6.92 Å². The average molecular weight is 335 g/mol. The highest BCUT2D eigenvalue weighted by atomic mass is 16.4. The lowest BCUT2D eigenvalue weighted by Gasteiger charge is -2.36. The van der Waals surface area contributed by atoms with Crippen LogP contribution in [0.4, 0.5) is 0 Å².